The molecule has 0 saturated heterocycles. The number of aliphatic hydroxyl groups excluding tert-OH is 3. The Labute approximate surface area is 111 Å². The van der Waals surface area contributed by atoms with Crippen LogP contribution in [0.1, 0.15) is 40.0 Å². The number of aliphatic hydroxyl groups is 3. The number of quaternary nitrogens is 1. The quantitative estimate of drug-likeness (QED) is 0.532. The molecule has 0 spiro atoms. The number of likely N-dealkylation sites (N-methyl/N-ethyl adjacent to an activating group) is 1. The summed E-state index contributed by atoms with van der Waals surface area (Å²) < 4.78 is 0.527. The van der Waals surface area contributed by atoms with E-state index in [9.17, 15) is 15.3 Å². The Bertz CT molecular complexity index is 170. The van der Waals surface area contributed by atoms with Gasteiger partial charge in [-0.3, -0.25) is 0 Å². The largest absolute Gasteiger partial charge is 0.870 e. The second kappa shape index (κ2) is 9.69. The maximum Gasteiger partial charge on any atom is 0.105 e. The molecule has 5 heteroatoms. The summed E-state index contributed by atoms with van der Waals surface area (Å²) >= 11 is 0. The summed E-state index contributed by atoms with van der Waals surface area (Å²) in [5.74, 6) is 0. The molecule has 0 rings (SSSR count). The van der Waals surface area contributed by atoms with E-state index in [-0.39, 0.29) is 23.8 Å². The second-order valence-electron chi connectivity index (χ2n) is 5.35. The van der Waals surface area contributed by atoms with Crippen LogP contribution in [0.15, 0.2) is 0 Å². The van der Waals surface area contributed by atoms with Crippen molar-refractivity contribution in [3.8, 4) is 0 Å². The van der Waals surface area contributed by atoms with Crippen molar-refractivity contribution in [2.75, 3.05) is 26.7 Å². The Hall–Kier alpha value is -0.200. The van der Waals surface area contributed by atoms with E-state index in [4.69, 9.17) is 0 Å². The van der Waals surface area contributed by atoms with Gasteiger partial charge in [0.1, 0.15) is 37.9 Å². The van der Waals surface area contributed by atoms with Gasteiger partial charge in [0.05, 0.1) is 7.05 Å². The van der Waals surface area contributed by atoms with Crippen molar-refractivity contribution in [3.05, 3.63) is 0 Å². The van der Waals surface area contributed by atoms with Gasteiger partial charge in [-0.15, -0.1) is 0 Å². The molecule has 0 aliphatic rings. The zero-order chi connectivity index (χ0) is 13.5. The summed E-state index contributed by atoms with van der Waals surface area (Å²) in [5.41, 5.74) is 0. The van der Waals surface area contributed by atoms with Crippen LogP contribution in [0.4, 0.5) is 0 Å². The molecule has 3 atom stereocenters. The normalized spacial score (nSPS) is 19.5. The van der Waals surface area contributed by atoms with Crippen LogP contribution in [0.25, 0.3) is 0 Å². The minimum Gasteiger partial charge on any atom is -0.870 e. The van der Waals surface area contributed by atoms with Crippen LogP contribution in [0, 0.1) is 0 Å². The lowest BCUT2D eigenvalue weighted by Gasteiger charge is -2.38. The number of hydrogen-bond donors (Lipinski definition) is 3. The molecule has 0 amide bonds. The highest BCUT2D eigenvalue weighted by molar-refractivity contribution is 4.60. The highest BCUT2D eigenvalue weighted by atomic mass is 16.3. The molecular formula is C13H31NO4. The van der Waals surface area contributed by atoms with E-state index in [2.05, 4.69) is 0 Å². The Morgan fingerprint density at radius 3 is 1.11 bits per heavy atom. The van der Waals surface area contributed by atoms with Crippen molar-refractivity contribution in [3.63, 3.8) is 0 Å². The molecule has 0 aromatic carbocycles. The van der Waals surface area contributed by atoms with Crippen molar-refractivity contribution < 1.29 is 25.3 Å². The lowest BCUT2D eigenvalue weighted by molar-refractivity contribution is -0.918. The summed E-state index contributed by atoms with van der Waals surface area (Å²) in [4.78, 5) is 0. The van der Waals surface area contributed by atoms with Gasteiger partial charge in [-0.2, -0.15) is 0 Å². The Morgan fingerprint density at radius 1 is 0.722 bits per heavy atom. The average Bonchev–Trinajstić information content (AvgIpc) is 2.27. The lowest BCUT2D eigenvalue weighted by Crippen LogP contribution is -2.55. The van der Waals surface area contributed by atoms with E-state index in [1.165, 1.54) is 0 Å². The summed E-state index contributed by atoms with van der Waals surface area (Å²) in [5, 5.41) is 29.4. The van der Waals surface area contributed by atoms with Crippen LogP contribution in [-0.4, -0.2) is 70.3 Å². The van der Waals surface area contributed by atoms with Crippen LogP contribution in [-0.2, 0) is 0 Å². The first-order valence-corrected chi connectivity index (χ1v) is 6.74. The monoisotopic (exact) mass is 265 g/mol. The van der Waals surface area contributed by atoms with Crippen LogP contribution in [0.2, 0.25) is 0 Å². The number of hydrogen-bond acceptors (Lipinski definition) is 4. The SMILES string of the molecule is CCC(O)C[N+](C)(CC(O)CC)CC(O)CC.[OH-]. The van der Waals surface area contributed by atoms with E-state index < -0.39 is 0 Å². The highest BCUT2D eigenvalue weighted by Crippen LogP contribution is 2.12. The third kappa shape index (κ3) is 8.00. The van der Waals surface area contributed by atoms with E-state index in [1.807, 2.05) is 27.8 Å². The fraction of sp³-hybridized carbons (Fsp3) is 1.00. The maximum absolute atomic E-state index is 9.79. The fourth-order valence-corrected chi connectivity index (χ4v) is 2.14. The molecule has 0 radical (unpaired) electrons. The van der Waals surface area contributed by atoms with Crippen LogP contribution < -0.4 is 0 Å². The molecule has 0 aliphatic heterocycles. The summed E-state index contributed by atoms with van der Waals surface area (Å²) in [6.07, 6.45) is 1.02. The van der Waals surface area contributed by atoms with Gasteiger partial charge in [-0.25, -0.2) is 0 Å². The Balaban J connectivity index is 0. The third-order valence-electron chi connectivity index (χ3n) is 3.37. The number of rotatable bonds is 9. The van der Waals surface area contributed by atoms with Crippen molar-refractivity contribution in [2.24, 2.45) is 0 Å². The van der Waals surface area contributed by atoms with E-state index in [1.54, 1.807) is 0 Å². The molecule has 0 saturated carbocycles. The van der Waals surface area contributed by atoms with Crippen LogP contribution in [0.5, 0.6) is 0 Å². The molecule has 0 aromatic rings. The van der Waals surface area contributed by atoms with E-state index >= 15 is 0 Å². The topological polar surface area (TPSA) is 90.7 Å². The molecule has 3 unspecified atom stereocenters. The zero-order valence-corrected chi connectivity index (χ0v) is 12.2. The minimum atomic E-state index is -0.367. The van der Waals surface area contributed by atoms with Gasteiger partial charge in [0.2, 0.25) is 0 Å². The molecule has 0 aliphatic carbocycles. The van der Waals surface area contributed by atoms with Gasteiger partial charge in [0.15, 0.2) is 0 Å². The molecule has 0 fully saturated rings. The van der Waals surface area contributed by atoms with E-state index in [0.29, 0.717) is 43.4 Å². The molecule has 0 bridgehead atoms. The summed E-state index contributed by atoms with van der Waals surface area (Å²) in [7, 11) is 2.00. The van der Waals surface area contributed by atoms with Gasteiger partial charge in [0.25, 0.3) is 0 Å². The van der Waals surface area contributed by atoms with Gasteiger partial charge in [0, 0.05) is 0 Å². The Kier molecular flexibility index (Phi) is 10.8. The minimum absolute atomic E-state index is 0. The molecule has 0 aromatic heterocycles. The van der Waals surface area contributed by atoms with Crippen molar-refractivity contribution in [2.45, 2.75) is 58.3 Å². The Morgan fingerprint density at radius 2 is 0.944 bits per heavy atom. The predicted octanol–water partition coefficient (Wildman–Crippen LogP) is 0.569. The molecule has 112 valence electrons. The van der Waals surface area contributed by atoms with Gasteiger partial charge < -0.3 is 25.3 Å². The second-order valence-corrected chi connectivity index (χ2v) is 5.35. The molecule has 18 heavy (non-hydrogen) atoms. The van der Waals surface area contributed by atoms with Crippen molar-refractivity contribution in [1.82, 2.24) is 0 Å². The third-order valence-corrected chi connectivity index (χ3v) is 3.37. The molecule has 0 heterocycles. The summed E-state index contributed by atoms with van der Waals surface area (Å²) in [6.45, 7) is 7.60. The fourth-order valence-electron chi connectivity index (χ4n) is 2.14. The smallest absolute Gasteiger partial charge is 0.105 e. The predicted molar refractivity (Wildman–Crippen MR) is 71.6 cm³/mol. The lowest BCUT2D eigenvalue weighted by atomic mass is 10.1. The molecular weight excluding hydrogens is 234 g/mol. The average molecular weight is 265 g/mol. The van der Waals surface area contributed by atoms with Gasteiger partial charge in [-0.1, -0.05) is 20.8 Å². The van der Waals surface area contributed by atoms with Gasteiger partial charge >= 0.3 is 0 Å². The first-order valence-electron chi connectivity index (χ1n) is 6.74. The number of nitrogens with zero attached hydrogens (tertiary/aromatic N) is 1. The summed E-state index contributed by atoms with van der Waals surface area (Å²) in [6, 6.07) is 0. The maximum atomic E-state index is 9.79. The van der Waals surface area contributed by atoms with Crippen LogP contribution >= 0.6 is 0 Å². The molecule has 4 N–H and O–H groups in total. The first kappa shape index (κ1) is 20.1. The molecule has 5 nitrogen and oxygen atoms in total. The van der Waals surface area contributed by atoms with E-state index in [0.717, 1.165) is 0 Å². The standard InChI is InChI=1S/C13H30NO3.H2O/c1-5-11(15)8-14(4,9-12(16)6-2)10-13(17)7-3;/h11-13,15-17H,5-10H2,1-4H3;1H2/q+1;/p-1. The van der Waals surface area contributed by atoms with Crippen molar-refractivity contribution in [1.29, 1.82) is 0 Å². The zero-order valence-electron chi connectivity index (χ0n) is 12.2. The van der Waals surface area contributed by atoms with Crippen molar-refractivity contribution >= 4 is 0 Å². The van der Waals surface area contributed by atoms with Gasteiger partial charge in [-0.05, 0) is 19.3 Å². The highest BCUT2D eigenvalue weighted by Gasteiger charge is 2.29. The van der Waals surface area contributed by atoms with Crippen LogP contribution in [0.3, 0.4) is 0 Å². The first-order chi connectivity index (χ1) is 7.86.